The molecule has 7 fully saturated rings. The number of nitrogens with one attached hydrogen (secondary N) is 1. The molecule has 188 valence electrons. The molecule has 2 heterocycles. The van der Waals surface area contributed by atoms with E-state index in [2.05, 4.69) is 5.32 Å². The molecule has 7 rings (SSSR count). The van der Waals surface area contributed by atoms with Gasteiger partial charge in [0.05, 0.1) is 5.41 Å². The number of nitrogens with zero attached hydrogens (tertiary/aromatic N) is 2. The number of amides is 3. The van der Waals surface area contributed by atoms with Gasteiger partial charge in [-0.15, -0.1) is 0 Å². The SMILES string of the molecule is O=C(NC1CCN(C(=O)C2CCCCC2)CC1)C1CCCN1C(=O)C12CC3CC(CC(C3)C1)C2. The smallest absolute Gasteiger partial charge is 0.243 e. The normalized spacial score (nSPS) is 38.4. The number of carbonyl (C=O) groups excluding carboxylic acids is 3. The summed E-state index contributed by atoms with van der Waals surface area (Å²) in [6.45, 7) is 2.24. The van der Waals surface area contributed by atoms with Crippen molar-refractivity contribution in [2.45, 2.75) is 108 Å². The van der Waals surface area contributed by atoms with Crippen molar-refractivity contribution in [2.75, 3.05) is 19.6 Å². The Kier molecular flexibility index (Phi) is 6.13. The zero-order valence-electron chi connectivity index (χ0n) is 20.8. The fourth-order valence-electron chi connectivity index (χ4n) is 9.11. The van der Waals surface area contributed by atoms with E-state index in [1.54, 1.807) is 0 Å². The quantitative estimate of drug-likeness (QED) is 0.679. The molecule has 0 aromatic heterocycles. The Morgan fingerprint density at radius 1 is 0.706 bits per heavy atom. The van der Waals surface area contributed by atoms with Gasteiger partial charge >= 0.3 is 0 Å². The second-order valence-corrected chi connectivity index (χ2v) is 12.8. The number of hydrogen-bond acceptors (Lipinski definition) is 3. The first-order valence-electron chi connectivity index (χ1n) is 14.4. The highest BCUT2D eigenvalue weighted by molar-refractivity contribution is 5.91. The topological polar surface area (TPSA) is 69.7 Å². The van der Waals surface area contributed by atoms with Crippen molar-refractivity contribution in [1.82, 2.24) is 15.1 Å². The molecular weight excluding hydrogens is 426 g/mol. The zero-order chi connectivity index (χ0) is 23.3. The Bertz CT molecular complexity index is 776. The molecule has 6 heteroatoms. The zero-order valence-corrected chi connectivity index (χ0v) is 20.8. The maximum absolute atomic E-state index is 13.9. The summed E-state index contributed by atoms with van der Waals surface area (Å²) in [6, 6.07) is -0.164. The largest absolute Gasteiger partial charge is 0.351 e. The Morgan fingerprint density at radius 3 is 1.94 bits per heavy atom. The van der Waals surface area contributed by atoms with Crippen LogP contribution in [-0.2, 0) is 14.4 Å². The Hall–Kier alpha value is -1.59. The summed E-state index contributed by atoms with van der Waals surface area (Å²) in [5.41, 5.74) is -0.164. The van der Waals surface area contributed by atoms with E-state index in [-0.39, 0.29) is 29.3 Å². The summed E-state index contributed by atoms with van der Waals surface area (Å²) in [4.78, 5) is 44.1. The van der Waals surface area contributed by atoms with Crippen LogP contribution in [0.3, 0.4) is 0 Å². The molecule has 0 radical (unpaired) electrons. The number of carbonyl (C=O) groups is 3. The minimum atomic E-state index is -0.289. The predicted molar refractivity (Wildman–Crippen MR) is 130 cm³/mol. The third-order valence-corrected chi connectivity index (χ3v) is 10.4. The fourth-order valence-corrected chi connectivity index (χ4v) is 9.11. The first-order valence-corrected chi connectivity index (χ1v) is 14.4. The monoisotopic (exact) mass is 469 g/mol. The van der Waals surface area contributed by atoms with Gasteiger partial charge in [0.2, 0.25) is 17.7 Å². The van der Waals surface area contributed by atoms with Crippen LogP contribution in [0, 0.1) is 29.1 Å². The van der Waals surface area contributed by atoms with Gasteiger partial charge in [0.25, 0.3) is 0 Å². The summed E-state index contributed by atoms with van der Waals surface area (Å²) in [5.74, 6) is 3.14. The van der Waals surface area contributed by atoms with E-state index >= 15 is 0 Å². The summed E-state index contributed by atoms with van der Waals surface area (Å²) >= 11 is 0. The first-order chi connectivity index (χ1) is 16.5. The Balaban J connectivity index is 1.04. The van der Waals surface area contributed by atoms with Crippen molar-refractivity contribution < 1.29 is 14.4 Å². The van der Waals surface area contributed by atoms with Crippen molar-refractivity contribution in [2.24, 2.45) is 29.1 Å². The van der Waals surface area contributed by atoms with Crippen LogP contribution in [0.15, 0.2) is 0 Å². The maximum Gasteiger partial charge on any atom is 0.243 e. The molecule has 4 bridgehead atoms. The third kappa shape index (κ3) is 4.17. The molecule has 2 aliphatic heterocycles. The molecule has 0 aromatic rings. The lowest BCUT2D eigenvalue weighted by atomic mass is 9.49. The van der Waals surface area contributed by atoms with E-state index < -0.39 is 0 Å². The predicted octanol–water partition coefficient (Wildman–Crippen LogP) is 3.88. The van der Waals surface area contributed by atoms with Crippen LogP contribution in [0.4, 0.5) is 0 Å². The summed E-state index contributed by atoms with van der Waals surface area (Å²) in [5, 5.41) is 3.29. The minimum absolute atomic E-state index is 0.0487. The van der Waals surface area contributed by atoms with E-state index in [1.807, 2.05) is 9.80 Å². The van der Waals surface area contributed by atoms with Crippen molar-refractivity contribution in [3.8, 4) is 0 Å². The van der Waals surface area contributed by atoms with E-state index in [0.29, 0.717) is 11.8 Å². The minimum Gasteiger partial charge on any atom is -0.351 e. The molecule has 1 unspecified atom stereocenters. The summed E-state index contributed by atoms with van der Waals surface area (Å²) in [6.07, 6.45) is 16.3. The van der Waals surface area contributed by atoms with Crippen LogP contribution in [-0.4, -0.2) is 59.2 Å². The molecule has 5 saturated carbocycles. The van der Waals surface area contributed by atoms with Gasteiger partial charge in [0, 0.05) is 31.6 Å². The molecule has 3 amide bonds. The Labute approximate surface area is 204 Å². The average Bonchev–Trinajstić information content (AvgIpc) is 3.33. The summed E-state index contributed by atoms with van der Waals surface area (Å²) in [7, 11) is 0. The van der Waals surface area contributed by atoms with Gasteiger partial charge in [-0.25, -0.2) is 0 Å². The van der Waals surface area contributed by atoms with Gasteiger partial charge in [-0.05, 0) is 94.8 Å². The van der Waals surface area contributed by atoms with Gasteiger partial charge in [0.1, 0.15) is 6.04 Å². The molecule has 0 spiro atoms. The van der Waals surface area contributed by atoms with Crippen LogP contribution in [0.1, 0.15) is 96.3 Å². The van der Waals surface area contributed by atoms with Crippen LogP contribution >= 0.6 is 0 Å². The summed E-state index contributed by atoms with van der Waals surface area (Å²) < 4.78 is 0. The second-order valence-electron chi connectivity index (χ2n) is 12.8. The van der Waals surface area contributed by atoms with E-state index in [0.717, 1.165) is 95.2 Å². The van der Waals surface area contributed by atoms with Crippen molar-refractivity contribution in [3.63, 3.8) is 0 Å². The van der Waals surface area contributed by atoms with Gasteiger partial charge in [-0.2, -0.15) is 0 Å². The number of likely N-dealkylation sites (tertiary alicyclic amines) is 2. The van der Waals surface area contributed by atoms with Crippen LogP contribution in [0.5, 0.6) is 0 Å². The maximum atomic E-state index is 13.9. The molecule has 6 nitrogen and oxygen atoms in total. The fraction of sp³-hybridized carbons (Fsp3) is 0.893. The van der Waals surface area contributed by atoms with E-state index in [1.165, 1.54) is 38.5 Å². The molecule has 2 saturated heterocycles. The van der Waals surface area contributed by atoms with E-state index in [4.69, 9.17) is 0 Å². The van der Waals surface area contributed by atoms with E-state index in [9.17, 15) is 14.4 Å². The lowest BCUT2D eigenvalue weighted by molar-refractivity contribution is -0.160. The molecule has 7 aliphatic rings. The molecule has 5 aliphatic carbocycles. The first kappa shape index (κ1) is 22.8. The van der Waals surface area contributed by atoms with Gasteiger partial charge in [0.15, 0.2) is 0 Å². The number of hydrogen-bond donors (Lipinski definition) is 1. The molecule has 1 N–H and O–H groups in total. The average molecular weight is 470 g/mol. The highest BCUT2D eigenvalue weighted by atomic mass is 16.2. The van der Waals surface area contributed by atoms with Crippen molar-refractivity contribution in [3.05, 3.63) is 0 Å². The standard InChI is InChI=1S/C28H43N3O3/c32-25(29-23-8-11-30(12-9-23)26(33)22-5-2-1-3-6-22)24-7-4-10-31(24)27(34)28-16-19-13-20(17-28)15-21(14-19)18-28/h19-24H,1-18H2,(H,29,32). The van der Waals surface area contributed by atoms with Crippen LogP contribution in [0.2, 0.25) is 0 Å². The lowest BCUT2D eigenvalue weighted by Gasteiger charge is -2.56. The highest BCUT2D eigenvalue weighted by Gasteiger charge is 2.56. The number of piperidine rings is 1. The molecule has 1 atom stereocenters. The lowest BCUT2D eigenvalue weighted by Crippen LogP contribution is -2.58. The number of rotatable bonds is 4. The molecular formula is C28H43N3O3. The van der Waals surface area contributed by atoms with Gasteiger partial charge in [-0.1, -0.05) is 19.3 Å². The molecule has 34 heavy (non-hydrogen) atoms. The van der Waals surface area contributed by atoms with Crippen LogP contribution in [0.25, 0.3) is 0 Å². The van der Waals surface area contributed by atoms with Gasteiger partial charge in [-0.3, -0.25) is 14.4 Å². The highest BCUT2D eigenvalue weighted by Crippen LogP contribution is 2.60. The van der Waals surface area contributed by atoms with Crippen molar-refractivity contribution >= 4 is 17.7 Å². The van der Waals surface area contributed by atoms with Gasteiger partial charge < -0.3 is 15.1 Å². The van der Waals surface area contributed by atoms with Crippen molar-refractivity contribution in [1.29, 1.82) is 0 Å². The molecule has 0 aromatic carbocycles. The third-order valence-electron chi connectivity index (χ3n) is 10.4. The Morgan fingerprint density at radius 2 is 1.32 bits per heavy atom. The van der Waals surface area contributed by atoms with Crippen LogP contribution < -0.4 is 5.32 Å². The second kappa shape index (κ2) is 9.13.